The van der Waals surface area contributed by atoms with Crippen LogP contribution in [-0.4, -0.2) is 43.4 Å². The highest BCUT2D eigenvalue weighted by molar-refractivity contribution is 5.87. The Labute approximate surface area is 155 Å². The number of rotatable bonds is 4. The van der Waals surface area contributed by atoms with Crippen LogP contribution in [0.15, 0.2) is 60.7 Å². The molecule has 1 atom stereocenters. The number of carbonyl (C=O) groups is 1. The summed E-state index contributed by atoms with van der Waals surface area (Å²) in [7, 11) is 2.29. The fourth-order valence-electron chi connectivity index (χ4n) is 4.31. The zero-order chi connectivity index (χ0) is 18.0. The molecule has 1 amide bonds. The van der Waals surface area contributed by atoms with Crippen LogP contribution in [0.4, 0.5) is 10.5 Å². The topological polar surface area (TPSA) is 29.5 Å². The average molecular weight is 351 g/mol. The first-order valence-corrected chi connectivity index (χ1v) is 9.54. The zero-order valence-electron chi connectivity index (χ0n) is 15.4. The minimum atomic E-state index is -0.231. The molecule has 5 rings (SSSR count). The van der Waals surface area contributed by atoms with Crippen molar-refractivity contribution in [3.8, 4) is 0 Å². The van der Waals surface area contributed by atoms with Crippen molar-refractivity contribution in [2.45, 2.75) is 25.5 Å². The summed E-state index contributed by atoms with van der Waals surface area (Å²) in [5.41, 5.74) is 1.98. The van der Waals surface area contributed by atoms with Gasteiger partial charge in [0.25, 0.3) is 0 Å². The highest BCUT2D eigenvalue weighted by atomic mass is 16.6. The van der Waals surface area contributed by atoms with E-state index in [0.717, 1.165) is 22.3 Å². The van der Waals surface area contributed by atoms with E-state index >= 15 is 0 Å². The predicted octanol–water partition coefficient (Wildman–Crippen LogP) is 4.07. The molecule has 136 valence electrons. The van der Waals surface area contributed by atoms with E-state index in [-0.39, 0.29) is 12.2 Å². The number of piperidine rings is 3. The van der Waals surface area contributed by atoms with Gasteiger partial charge in [0, 0.05) is 24.4 Å². The molecule has 4 nitrogen and oxygen atoms in total. The number of hydrogen-bond acceptors (Lipinski definition) is 2. The van der Waals surface area contributed by atoms with Gasteiger partial charge in [0.1, 0.15) is 6.54 Å². The van der Waals surface area contributed by atoms with Gasteiger partial charge in [-0.3, -0.25) is 4.90 Å². The molecule has 3 fully saturated rings. The molecule has 0 aromatic heterocycles. The minimum absolute atomic E-state index is 0.0389. The molecular formula is C22H27N2O2+. The van der Waals surface area contributed by atoms with Crippen LogP contribution in [0.1, 0.15) is 18.4 Å². The summed E-state index contributed by atoms with van der Waals surface area (Å²) in [6.07, 6.45) is 2.14. The third kappa shape index (κ3) is 3.61. The molecule has 26 heavy (non-hydrogen) atoms. The molecule has 0 spiro atoms. The minimum Gasteiger partial charge on any atom is -0.440 e. The molecule has 2 aromatic rings. The number of anilines is 1. The van der Waals surface area contributed by atoms with E-state index in [2.05, 4.69) is 7.05 Å². The number of benzene rings is 2. The fraction of sp³-hybridized carbons (Fsp3) is 0.409. The molecule has 0 N–H and O–H groups in total. The Bertz CT molecular complexity index is 739. The van der Waals surface area contributed by atoms with Crippen molar-refractivity contribution in [3.05, 3.63) is 66.2 Å². The summed E-state index contributed by atoms with van der Waals surface area (Å²) in [4.78, 5) is 14.9. The third-order valence-electron chi connectivity index (χ3n) is 5.95. The lowest BCUT2D eigenvalue weighted by Crippen LogP contribution is -2.62. The Morgan fingerprint density at radius 1 is 1.04 bits per heavy atom. The maximum absolute atomic E-state index is 13.1. The van der Waals surface area contributed by atoms with Crippen LogP contribution in [0.3, 0.4) is 0 Å². The van der Waals surface area contributed by atoms with Crippen LogP contribution in [-0.2, 0) is 11.3 Å². The number of quaternary nitrogens is 1. The molecule has 0 aliphatic carbocycles. The van der Waals surface area contributed by atoms with E-state index in [1.807, 2.05) is 60.7 Å². The number of para-hydroxylation sites is 1. The largest absolute Gasteiger partial charge is 0.440 e. The Morgan fingerprint density at radius 2 is 1.65 bits per heavy atom. The van der Waals surface area contributed by atoms with Crippen LogP contribution >= 0.6 is 0 Å². The normalized spacial score (nSPS) is 27.1. The predicted molar refractivity (Wildman–Crippen MR) is 103 cm³/mol. The number of hydrogen-bond donors (Lipinski definition) is 0. The van der Waals surface area contributed by atoms with Crippen LogP contribution in [0.25, 0.3) is 0 Å². The fourth-order valence-corrected chi connectivity index (χ4v) is 4.31. The van der Waals surface area contributed by atoms with Crippen LogP contribution < -0.4 is 4.90 Å². The average Bonchev–Trinajstić information content (AvgIpc) is 2.67. The van der Waals surface area contributed by atoms with Gasteiger partial charge in [0.05, 0.1) is 26.7 Å². The molecule has 3 aliphatic rings. The highest BCUT2D eigenvalue weighted by Gasteiger charge is 2.45. The van der Waals surface area contributed by atoms with E-state index in [4.69, 9.17) is 4.74 Å². The van der Waals surface area contributed by atoms with Crippen molar-refractivity contribution in [3.63, 3.8) is 0 Å². The van der Waals surface area contributed by atoms with Gasteiger partial charge in [-0.1, -0.05) is 48.5 Å². The van der Waals surface area contributed by atoms with Gasteiger partial charge in [-0.15, -0.1) is 0 Å². The Balaban J connectivity index is 1.53. The summed E-state index contributed by atoms with van der Waals surface area (Å²) in [5.74, 6) is 0.522. The second kappa shape index (κ2) is 7.12. The van der Waals surface area contributed by atoms with Crippen molar-refractivity contribution in [2.75, 3.05) is 31.6 Å². The van der Waals surface area contributed by atoms with Crippen LogP contribution in [0.5, 0.6) is 0 Å². The van der Waals surface area contributed by atoms with Crippen LogP contribution in [0, 0.1) is 5.92 Å². The number of ether oxygens (including phenoxy) is 1. The Morgan fingerprint density at radius 3 is 2.27 bits per heavy atom. The lowest BCUT2D eigenvalue weighted by atomic mass is 9.84. The molecule has 2 aromatic carbocycles. The standard InChI is InChI=1S/C22H27N2O2/c1-24-14-12-19(13-15-24)21(17-24)26-22(25)23(20-10-6-3-7-11-20)16-18-8-4-2-5-9-18/h2-11,19,21H,12-17H2,1H3/q+1/t19?,21-,24?/m0/s1. The second-order valence-corrected chi connectivity index (χ2v) is 7.92. The van der Waals surface area contributed by atoms with Gasteiger partial charge >= 0.3 is 6.09 Å². The first-order chi connectivity index (χ1) is 12.6. The smallest absolute Gasteiger partial charge is 0.415 e. The van der Waals surface area contributed by atoms with Crippen molar-refractivity contribution in [2.24, 2.45) is 5.92 Å². The third-order valence-corrected chi connectivity index (χ3v) is 5.95. The second-order valence-electron chi connectivity index (χ2n) is 7.92. The lowest BCUT2D eigenvalue weighted by molar-refractivity contribution is -0.928. The lowest BCUT2D eigenvalue weighted by Gasteiger charge is -2.49. The van der Waals surface area contributed by atoms with E-state index in [1.54, 1.807) is 4.90 Å². The van der Waals surface area contributed by atoms with Crippen molar-refractivity contribution >= 4 is 11.8 Å². The van der Waals surface area contributed by atoms with Gasteiger partial charge in [0.2, 0.25) is 0 Å². The molecule has 0 saturated carbocycles. The molecule has 4 heteroatoms. The van der Waals surface area contributed by atoms with Crippen molar-refractivity contribution in [1.82, 2.24) is 0 Å². The molecule has 0 unspecified atom stereocenters. The molecule has 3 heterocycles. The number of likely N-dealkylation sites (N-methyl/N-ethyl adjacent to an activating group) is 1. The van der Waals surface area contributed by atoms with Crippen LogP contribution in [0.2, 0.25) is 0 Å². The van der Waals surface area contributed by atoms with Gasteiger partial charge in [0.15, 0.2) is 6.10 Å². The number of nitrogens with zero attached hydrogens (tertiary/aromatic N) is 2. The quantitative estimate of drug-likeness (QED) is 0.777. The summed E-state index contributed by atoms with van der Waals surface area (Å²) in [5, 5.41) is 0. The molecule has 3 aliphatic heterocycles. The summed E-state index contributed by atoms with van der Waals surface area (Å²) in [6.45, 7) is 3.90. The summed E-state index contributed by atoms with van der Waals surface area (Å²) >= 11 is 0. The molecule has 0 radical (unpaired) electrons. The zero-order valence-corrected chi connectivity index (χ0v) is 15.4. The molecule has 3 saturated heterocycles. The van der Waals surface area contributed by atoms with E-state index in [9.17, 15) is 4.79 Å². The first kappa shape index (κ1) is 17.1. The van der Waals surface area contributed by atoms with Gasteiger partial charge < -0.3 is 9.22 Å². The maximum Gasteiger partial charge on any atom is 0.415 e. The van der Waals surface area contributed by atoms with E-state index in [0.29, 0.717) is 12.5 Å². The number of fused-ring (bicyclic) bond motifs is 3. The highest BCUT2D eigenvalue weighted by Crippen LogP contribution is 2.34. The van der Waals surface area contributed by atoms with E-state index < -0.39 is 0 Å². The van der Waals surface area contributed by atoms with E-state index in [1.165, 1.54) is 25.9 Å². The van der Waals surface area contributed by atoms with Crippen molar-refractivity contribution in [1.29, 1.82) is 0 Å². The monoisotopic (exact) mass is 351 g/mol. The number of amides is 1. The van der Waals surface area contributed by atoms with Gasteiger partial charge in [-0.05, 0) is 17.7 Å². The SMILES string of the molecule is C[N+]12CCC(CC1)[C@@H](OC(=O)N(Cc1ccccc1)c1ccccc1)C2. The maximum atomic E-state index is 13.1. The summed E-state index contributed by atoms with van der Waals surface area (Å²) in [6, 6.07) is 19.9. The van der Waals surface area contributed by atoms with Crippen molar-refractivity contribution < 1.29 is 14.0 Å². The van der Waals surface area contributed by atoms with Gasteiger partial charge in [-0.2, -0.15) is 0 Å². The molecular weight excluding hydrogens is 324 g/mol. The number of carbonyl (C=O) groups excluding carboxylic acids is 1. The van der Waals surface area contributed by atoms with Gasteiger partial charge in [-0.25, -0.2) is 4.79 Å². The molecule has 2 bridgehead atoms. The Kier molecular flexibility index (Phi) is 4.68. The Hall–Kier alpha value is -2.33. The first-order valence-electron chi connectivity index (χ1n) is 9.54. The summed E-state index contributed by atoms with van der Waals surface area (Å²) < 4.78 is 7.09.